The number of aryl methyl sites for hydroxylation is 1. The Kier molecular flexibility index (Phi) is 4.72. The summed E-state index contributed by atoms with van der Waals surface area (Å²) in [5, 5.41) is 7.52. The maximum atomic E-state index is 13.7. The smallest absolute Gasteiger partial charge is 0.276 e. The predicted molar refractivity (Wildman–Crippen MR) is 101 cm³/mol. The zero-order chi connectivity index (χ0) is 19.1. The summed E-state index contributed by atoms with van der Waals surface area (Å²) >= 11 is 0. The number of carbonyl (C=O) groups excluding carboxylic acids is 1. The number of aromatic nitrogens is 2. The zero-order valence-corrected chi connectivity index (χ0v) is 15.7. The van der Waals surface area contributed by atoms with Gasteiger partial charge in [-0.25, -0.2) is 4.39 Å². The molecule has 3 atom stereocenters. The van der Waals surface area contributed by atoms with Crippen molar-refractivity contribution in [1.82, 2.24) is 20.0 Å². The predicted octanol–water partition coefficient (Wildman–Crippen LogP) is 2.30. The van der Waals surface area contributed by atoms with E-state index >= 15 is 0 Å². The average molecular weight is 372 g/mol. The number of fused-ring (bicyclic) bond motifs is 3. The summed E-state index contributed by atoms with van der Waals surface area (Å²) in [7, 11) is 2.14. The van der Waals surface area contributed by atoms with E-state index < -0.39 is 17.2 Å². The highest BCUT2D eigenvalue weighted by atomic mass is 19.1. The first-order valence-electron chi connectivity index (χ1n) is 9.71. The molecule has 0 aliphatic carbocycles. The second-order valence-electron chi connectivity index (χ2n) is 7.75. The van der Waals surface area contributed by atoms with Gasteiger partial charge in [-0.1, -0.05) is 6.92 Å². The molecule has 2 aliphatic heterocycles. The number of hydrogen-bond acceptors (Lipinski definition) is 4. The average Bonchev–Trinajstić information content (AvgIpc) is 2.85. The number of rotatable bonds is 4. The molecule has 2 bridgehead atoms. The van der Waals surface area contributed by atoms with Crippen LogP contribution < -0.4 is 10.7 Å². The first kappa shape index (κ1) is 18.1. The molecule has 144 valence electrons. The minimum absolute atomic E-state index is 0.0511. The zero-order valence-electron chi connectivity index (χ0n) is 15.7. The first-order valence-corrected chi connectivity index (χ1v) is 9.71. The third-order valence-corrected chi connectivity index (χ3v) is 6.00. The van der Waals surface area contributed by atoms with Crippen LogP contribution in [-0.2, 0) is 6.54 Å². The van der Waals surface area contributed by atoms with E-state index in [1.165, 1.54) is 12.1 Å². The Morgan fingerprint density at radius 3 is 2.67 bits per heavy atom. The molecule has 3 heterocycles. The SMILES string of the molecule is CCCn1nc(C(=O)NC2C[C@H]3CC[C@@H](C2)N3C)c(=O)c2cc(F)ccc21. The van der Waals surface area contributed by atoms with E-state index in [4.69, 9.17) is 0 Å². The van der Waals surface area contributed by atoms with Crippen molar-refractivity contribution < 1.29 is 9.18 Å². The molecule has 0 spiro atoms. The van der Waals surface area contributed by atoms with Crippen LogP contribution in [0.15, 0.2) is 23.0 Å². The summed E-state index contributed by atoms with van der Waals surface area (Å²) < 4.78 is 15.3. The number of piperidine rings is 1. The van der Waals surface area contributed by atoms with Gasteiger partial charge in [-0.05, 0) is 57.4 Å². The second-order valence-corrected chi connectivity index (χ2v) is 7.75. The van der Waals surface area contributed by atoms with E-state index in [9.17, 15) is 14.0 Å². The van der Waals surface area contributed by atoms with Gasteiger partial charge in [-0.3, -0.25) is 14.3 Å². The minimum atomic E-state index is -0.509. The van der Waals surface area contributed by atoms with Crippen molar-refractivity contribution >= 4 is 16.8 Å². The van der Waals surface area contributed by atoms with Crippen molar-refractivity contribution in [3.05, 3.63) is 39.9 Å². The molecule has 6 nitrogen and oxygen atoms in total. The van der Waals surface area contributed by atoms with Crippen molar-refractivity contribution in [2.45, 2.75) is 63.7 Å². The molecule has 27 heavy (non-hydrogen) atoms. The van der Waals surface area contributed by atoms with E-state index in [1.54, 1.807) is 10.7 Å². The van der Waals surface area contributed by atoms with Gasteiger partial charge in [0, 0.05) is 24.7 Å². The van der Waals surface area contributed by atoms with Gasteiger partial charge in [0.15, 0.2) is 5.69 Å². The lowest BCUT2D eigenvalue weighted by molar-refractivity contribution is 0.0874. The molecule has 4 rings (SSSR count). The topological polar surface area (TPSA) is 67.2 Å². The van der Waals surface area contributed by atoms with Gasteiger partial charge in [0.05, 0.1) is 10.9 Å². The van der Waals surface area contributed by atoms with Crippen molar-refractivity contribution in [2.24, 2.45) is 0 Å². The molecular formula is C20H25FN4O2. The lowest BCUT2D eigenvalue weighted by Gasteiger charge is -2.36. The highest BCUT2D eigenvalue weighted by Gasteiger charge is 2.39. The van der Waals surface area contributed by atoms with Crippen LogP contribution >= 0.6 is 0 Å². The molecule has 1 aromatic heterocycles. The monoisotopic (exact) mass is 372 g/mol. The second kappa shape index (κ2) is 7.03. The van der Waals surface area contributed by atoms with Crippen LogP contribution in [0, 0.1) is 5.82 Å². The van der Waals surface area contributed by atoms with Crippen LogP contribution in [0.1, 0.15) is 49.5 Å². The molecule has 0 saturated carbocycles. The van der Waals surface area contributed by atoms with E-state index in [0.717, 1.165) is 32.1 Å². The third-order valence-electron chi connectivity index (χ3n) is 6.00. The van der Waals surface area contributed by atoms with E-state index in [2.05, 4.69) is 22.4 Å². The van der Waals surface area contributed by atoms with Crippen LogP contribution in [0.4, 0.5) is 4.39 Å². The molecule has 1 aromatic carbocycles. The molecule has 2 fully saturated rings. The lowest BCUT2D eigenvalue weighted by Crippen LogP contribution is -2.49. The number of amides is 1. The lowest BCUT2D eigenvalue weighted by atomic mass is 9.98. The number of nitrogens with one attached hydrogen (secondary N) is 1. The van der Waals surface area contributed by atoms with Gasteiger partial charge in [0.25, 0.3) is 5.91 Å². The van der Waals surface area contributed by atoms with Gasteiger partial charge < -0.3 is 10.2 Å². The number of benzene rings is 1. The highest BCUT2D eigenvalue weighted by molar-refractivity contribution is 5.95. The van der Waals surface area contributed by atoms with Crippen LogP contribution in [-0.4, -0.2) is 45.8 Å². The quantitative estimate of drug-likeness (QED) is 0.894. The maximum Gasteiger partial charge on any atom is 0.276 e. The van der Waals surface area contributed by atoms with Gasteiger partial charge in [-0.15, -0.1) is 0 Å². The Labute approximate surface area is 157 Å². The number of carbonyl (C=O) groups is 1. The Morgan fingerprint density at radius 2 is 2.00 bits per heavy atom. The van der Waals surface area contributed by atoms with Crippen molar-refractivity contribution in [1.29, 1.82) is 0 Å². The van der Waals surface area contributed by atoms with Crippen LogP contribution in [0.2, 0.25) is 0 Å². The fourth-order valence-electron chi connectivity index (χ4n) is 4.58. The molecule has 1 N–H and O–H groups in total. The maximum absolute atomic E-state index is 13.7. The summed E-state index contributed by atoms with van der Waals surface area (Å²) in [4.78, 5) is 28.0. The largest absolute Gasteiger partial charge is 0.348 e. The van der Waals surface area contributed by atoms with Crippen LogP contribution in [0.5, 0.6) is 0 Å². The summed E-state index contributed by atoms with van der Waals surface area (Å²) in [6, 6.07) is 5.08. The van der Waals surface area contributed by atoms with Gasteiger partial charge in [0.1, 0.15) is 5.82 Å². The molecule has 0 radical (unpaired) electrons. The van der Waals surface area contributed by atoms with E-state index in [0.29, 0.717) is 24.1 Å². The minimum Gasteiger partial charge on any atom is -0.348 e. The van der Waals surface area contributed by atoms with Crippen LogP contribution in [0.25, 0.3) is 10.9 Å². The van der Waals surface area contributed by atoms with Crippen molar-refractivity contribution in [3.8, 4) is 0 Å². The van der Waals surface area contributed by atoms with Crippen molar-refractivity contribution in [3.63, 3.8) is 0 Å². The Morgan fingerprint density at radius 1 is 1.30 bits per heavy atom. The van der Waals surface area contributed by atoms with Crippen molar-refractivity contribution in [2.75, 3.05) is 7.05 Å². The fourth-order valence-corrected chi connectivity index (χ4v) is 4.58. The number of nitrogens with zero attached hydrogens (tertiary/aromatic N) is 3. The molecule has 2 saturated heterocycles. The number of hydrogen-bond donors (Lipinski definition) is 1. The standard InChI is InChI=1S/C20H25FN4O2/c1-3-8-25-17-7-4-12(21)9-16(17)19(26)18(23-25)20(27)22-13-10-14-5-6-15(11-13)24(14)2/h4,7,9,13-15H,3,5-6,8,10-11H2,1-2H3,(H,22,27)/t13?,14-,15+. The van der Waals surface area contributed by atoms with Gasteiger partial charge in [0.2, 0.25) is 5.43 Å². The Hall–Kier alpha value is -2.28. The summed E-state index contributed by atoms with van der Waals surface area (Å²) in [5.74, 6) is -0.947. The summed E-state index contributed by atoms with van der Waals surface area (Å²) in [6.45, 7) is 2.55. The molecule has 7 heteroatoms. The van der Waals surface area contributed by atoms with Gasteiger partial charge in [-0.2, -0.15) is 5.10 Å². The fraction of sp³-hybridized carbons (Fsp3) is 0.550. The number of halogens is 1. The normalized spacial score (nSPS) is 25.1. The summed E-state index contributed by atoms with van der Waals surface area (Å²) in [5.41, 5.74) is -0.102. The third kappa shape index (κ3) is 3.25. The molecule has 2 aliphatic rings. The first-order chi connectivity index (χ1) is 13.0. The van der Waals surface area contributed by atoms with Crippen LogP contribution in [0.3, 0.4) is 0 Å². The summed E-state index contributed by atoms with van der Waals surface area (Å²) in [6.07, 6.45) is 4.89. The molecule has 1 unspecified atom stereocenters. The van der Waals surface area contributed by atoms with E-state index in [-0.39, 0.29) is 17.1 Å². The highest BCUT2D eigenvalue weighted by Crippen LogP contribution is 2.34. The van der Waals surface area contributed by atoms with Gasteiger partial charge >= 0.3 is 0 Å². The molecular weight excluding hydrogens is 347 g/mol. The molecule has 1 amide bonds. The Balaban J connectivity index is 1.65. The Bertz CT molecular complexity index is 927. The van der Waals surface area contributed by atoms with E-state index in [1.807, 2.05) is 6.92 Å². The molecule has 2 aromatic rings.